The topological polar surface area (TPSA) is 32.3 Å². The van der Waals surface area contributed by atoms with Gasteiger partial charge in [0.25, 0.3) is 0 Å². The Morgan fingerprint density at radius 1 is 0.895 bits per heavy atom. The van der Waals surface area contributed by atoms with Crippen LogP contribution in [0.15, 0.2) is 24.3 Å². The van der Waals surface area contributed by atoms with E-state index in [1.165, 1.54) is 51.4 Å². The molecule has 0 unspecified atom stereocenters. The van der Waals surface area contributed by atoms with E-state index in [4.69, 9.17) is 0 Å². The molecule has 2 N–H and O–H groups in total. The third-order valence-electron chi connectivity index (χ3n) is 3.51. The summed E-state index contributed by atoms with van der Waals surface area (Å²) < 4.78 is 0. The Kier molecular flexibility index (Phi) is 9.17. The third kappa shape index (κ3) is 7.89. The van der Waals surface area contributed by atoms with Crippen LogP contribution in [0.25, 0.3) is 0 Å². The molecule has 1 aromatic carbocycles. The molecule has 0 heterocycles. The maximum Gasteiger partial charge on any atom is 0.120 e. The van der Waals surface area contributed by atoms with Crippen molar-refractivity contribution < 1.29 is 5.11 Å². The Labute approximate surface area is 118 Å². The summed E-state index contributed by atoms with van der Waals surface area (Å²) in [6, 6.07) is 7.54. The minimum Gasteiger partial charge on any atom is -0.508 e. The summed E-state index contributed by atoms with van der Waals surface area (Å²) in [7, 11) is 0. The lowest BCUT2D eigenvalue weighted by Crippen LogP contribution is -2.14. The second-order valence-electron chi connectivity index (χ2n) is 5.28. The molecule has 0 aliphatic heterocycles. The summed E-state index contributed by atoms with van der Waals surface area (Å²) in [5.74, 6) is 0.394. The number of phenols is 1. The van der Waals surface area contributed by atoms with Crippen molar-refractivity contribution in [3.05, 3.63) is 29.8 Å². The van der Waals surface area contributed by atoms with Gasteiger partial charge in [-0.05, 0) is 19.0 Å². The fraction of sp³-hybridized carbons (Fsp3) is 0.647. The maximum atomic E-state index is 9.61. The Bertz CT molecular complexity index is 325. The number of para-hydroxylation sites is 1. The van der Waals surface area contributed by atoms with Crippen molar-refractivity contribution in [1.29, 1.82) is 0 Å². The lowest BCUT2D eigenvalue weighted by atomic mass is 10.1. The van der Waals surface area contributed by atoms with Crippen molar-refractivity contribution in [3.63, 3.8) is 0 Å². The van der Waals surface area contributed by atoms with Crippen LogP contribution in [0.1, 0.15) is 63.9 Å². The van der Waals surface area contributed by atoms with Crippen LogP contribution in [-0.4, -0.2) is 11.7 Å². The molecule has 0 fully saturated rings. The normalized spacial score (nSPS) is 10.8. The number of unbranched alkanes of at least 4 members (excludes halogenated alkanes) is 7. The molecule has 0 spiro atoms. The first-order chi connectivity index (χ1) is 9.34. The lowest BCUT2D eigenvalue weighted by molar-refractivity contribution is 0.463. The van der Waals surface area contributed by atoms with Crippen molar-refractivity contribution >= 4 is 0 Å². The Morgan fingerprint density at radius 3 is 2.21 bits per heavy atom. The van der Waals surface area contributed by atoms with Gasteiger partial charge in [-0.2, -0.15) is 0 Å². The van der Waals surface area contributed by atoms with Gasteiger partial charge in [0, 0.05) is 12.1 Å². The first-order valence-electron chi connectivity index (χ1n) is 7.82. The molecule has 0 radical (unpaired) electrons. The Morgan fingerprint density at radius 2 is 1.53 bits per heavy atom. The van der Waals surface area contributed by atoms with Crippen LogP contribution >= 0.6 is 0 Å². The SMILES string of the molecule is CCCCCCCCCCNCc1ccccc1O. The van der Waals surface area contributed by atoms with E-state index in [0.29, 0.717) is 5.75 Å². The van der Waals surface area contributed by atoms with Gasteiger partial charge in [-0.3, -0.25) is 0 Å². The number of phenolic OH excluding ortho intramolecular Hbond substituents is 1. The van der Waals surface area contributed by atoms with E-state index in [-0.39, 0.29) is 0 Å². The van der Waals surface area contributed by atoms with Crippen molar-refractivity contribution in [2.75, 3.05) is 6.54 Å². The predicted molar refractivity (Wildman–Crippen MR) is 82.4 cm³/mol. The highest BCUT2D eigenvalue weighted by molar-refractivity contribution is 5.31. The molecular formula is C17H29NO. The predicted octanol–water partition coefficient (Wildman–Crippen LogP) is 4.62. The second-order valence-corrected chi connectivity index (χ2v) is 5.28. The van der Waals surface area contributed by atoms with Gasteiger partial charge in [0.05, 0.1) is 0 Å². The number of hydrogen-bond donors (Lipinski definition) is 2. The fourth-order valence-corrected chi connectivity index (χ4v) is 2.27. The zero-order chi connectivity index (χ0) is 13.8. The van der Waals surface area contributed by atoms with Crippen molar-refractivity contribution in [2.24, 2.45) is 0 Å². The van der Waals surface area contributed by atoms with Crippen LogP contribution < -0.4 is 5.32 Å². The van der Waals surface area contributed by atoms with Crippen LogP contribution in [0, 0.1) is 0 Å². The molecule has 0 aliphatic rings. The van der Waals surface area contributed by atoms with Gasteiger partial charge in [0.1, 0.15) is 5.75 Å². The zero-order valence-electron chi connectivity index (χ0n) is 12.3. The highest BCUT2D eigenvalue weighted by Gasteiger charge is 1.98. The second kappa shape index (κ2) is 10.9. The molecule has 0 atom stereocenters. The quantitative estimate of drug-likeness (QED) is 0.571. The number of benzene rings is 1. The first kappa shape index (κ1) is 16.0. The summed E-state index contributed by atoms with van der Waals surface area (Å²) in [6.07, 6.45) is 10.8. The Balaban J connectivity index is 1.90. The van der Waals surface area contributed by atoms with E-state index >= 15 is 0 Å². The standard InChI is InChI=1S/C17H29NO/c1-2-3-4-5-6-7-8-11-14-18-15-16-12-9-10-13-17(16)19/h9-10,12-13,18-19H,2-8,11,14-15H2,1H3. The van der Waals surface area contributed by atoms with E-state index in [2.05, 4.69) is 12.2 Å². The van der Waals surface area contributed by atoms with Gasteiger partial charge in [0.15, 0.2) is 0 Å². The monoisotopic (exact) mass is 263 g/mol. The van der Waals surface area contributed by atoms with E-state index in [0.717, 1.165) is 18.7 Å². The van der Waals surface area contributed by atoms with Crippen molar-refractivity contribution in [2.45, 2.75) is 64.8 Å². The molecule has 19 heavy (non-hydrogen) atoms. The number of hydrogen-bond acceptors (Lipinski definition) is 2. The van der Waals surface area contributed by atoms with Gasteiger partial charge in [0.2, 0.25) is 0 Å². The fourth-order valence-electron chi connectivity index (χ4n) is 2.27. The molecule has 0 aliphatic carbocycles. The highest BCUT2D eigenvalue weighted by atomic mass is 16.3. The summed E-state index contributed by atoms with van der Waals surface area (Å²) in [6.45, 7) is 4.07. The summed E-state index contributed by atoms with van der Waals surface area (Å²) in [5, 5.41) is 13.0. The average molecular weight is 263 g/mol. The van der Waals surface area contributed by atoms with E-state index in [1.54, 1.807) is 6.07 Å². The number of aromatic hydroxyl groups is 1. The van der Waals surface area contributed by atoms with E-state index in [9.17, 15) is 5.11 Å². The average Bonchev–Trinajstić information content (AvgIpc) is 2.43. The van der Waals surface area contributed by atoms with Crippen molar-refractivity contribution in [3.8, 4) is 5.75 Å². The number of nitrogens with one attached hydrogen (secondary N) is 1. The smallest absolute Gasteiger partial charge is 0.120 e. The van der Waals surface area contributed by atoms with Crippen LogP contribution in [0.2, 0.25) is 0 Å². The van der Waals surface area contributed by atoms with E-state index in [1.807, 2.05) is 18.2 Å². The van der Waals surface area contributed by atoms with Gasteiger partial charge in [-0.1, -0.05) is 70.1 Å². The zero-order valence-corrected chi connectivity index (χ0v) is 12.3. The molecule has 108 valence electrons. The summed E-state index contributed by atoms with van der Waals surface area (Å²) in [4.78, 5) is 0. The third-order valence-corrected chi connectivity index (χ3v) is 3.51. The number of rotatable bonds is 11. The molecule has 1 aromatic rings. The van der Waals surface area contributed by atoms with Gasteiger partial charge < -0.3 is 10.4 Å². The molecule has 0 saturated heterocycles. The van der Waals surface area contributed by atoms with Crippen LogP contribution in [-0.2, 0) is 6.54 Å². The minimum atomic E-state index is 0.394. The molecule has 0 amide bonds. The van der Waals surface area contributed by atoms with Crippen LogP contribution in [0.5, 0.6) is 5.75 Å². The van der Waals surface area contributed by atoms with Gasteiger partial charge in [-0.25, -0.2) is 0 Å². The lowest BCUT2D eigenvalue weighted by Gasteiger charge is -2.06. The molecule has 0 aromatic heterocycles. The van der Waals surface area contributed by atoms with Gasteiger partial charge >= 0.3 is 0 Å². The minimum absolute atomic E-state index is 0.394. The maximum absolute atomic E-state index is 9.61. The van der Waals surface area contributed by atoms with Crippen LogP contribution in [0.3, 0.4) is 0 Å². The van der Waals surface area contributed by atoms with Crippen LogP contribution in [0.4, 0.5) is 0 Å². The summed E-state index contributed by atoms with van der Waals surface area (Å²) in [5.41, 5.74) is 0.988. The highest BCUT2D eigenvalue weighted by Crippen LogP contribution is 2.14. The Hall–Kier alpha value is -1.02. The summed E-state index contributed by atoms with van der Waals surface area (Å²) >= 11 is 0. The first-order valence-corrected chi connectivity index (χ1v) is 7.82. The molecule has 2 heteroatoms. The molecule has 2 nitrogen and oxygen atoms in total. The van der Waals surface area contributed by atoms with E-state index < -0.39 is 0 Å². The molecule has 0 bridgehead atoms. The molecule has 1 rings (SSSR count). The molecular weight excluding hydrogens is 234 g/mol. The molecule has 0 saturated carbocycles. The van der Waals surface area contributed by atoms with Gasteiger partial charge in [-0.15, -0.1) is 0 Å². The largest absolute Gasteiger partial charge is 0.508 e. The van der Waals surface area contributed by atoms with Crippen molar-refractivity contribution in [1.82, 2.24) is 5.32 Å².